The Balaban J connectivity index is 1.58. The third-order valence-electron chi connectivity index (χ3n) is 7.34. The summed E-state index contributed by atoms with van der Waals surface area (Å²) >= 11 is 1.52. The molecule has 2 fully saturated rings. The first-order valence-corrected chi connectivity index (χ1v) is 12.7. The number of fused-ring (bicyclic) bond motifs is 1. The molecule has 0 unspecified atom stereocenters. The molecule has 0 aliphatic heterocycles. The van der Waals surface area contributed by atoms with E-state index in [1.54, 1.807) is 0 Å². The van der Waals surface area contributed by atoms with Crippen molar-refractivity contribution >= 4 is 34.1 Å². The fourth-order valence-electron chi connectivity index (χ4n) is 5.53. The molecular weight excluding hydrogens is 412 g/mol. The number of carbonyl (C=O) groups is 3. The molecule has 1 heterocycles. The van der Waals surface area contributed by atoms with Crippen LogP contribution < -0.4 is 10.6 Å². The second kappa shape index (κ2) is 9.72. The summed E-state index contributed by atoms with van der Waals surface area (Å²) in [6.45, 7) is 2.22. The molecule has 2 amide bonds. The molecule has 3 atom stereocenters. The van der Waals surface area contributed by atoms with Gasteiger partial charge in [0.05, 0.1) is 17.4 Å². The van der Waals surface area contributed by atoms with E-state index in [2.05, 4.69) is 17.6 Å². The molecule has 0 spiro atoms. The summed E-state index contributed by atoms with van der Waals surface area (Å²) in [5.74, 6) is -1.81. The summed E-state index contributed by atoms with van der Waals surface area (Å²) in [4.78, 5) is 39.3. The molecule has 0 radical (unpaired) electrons. The van der Waals surface area contributed by atoms with Crippen LogP contribution in [0.15, 0.2) is 0 Å². The first kappa shape index (κ1) is 22.3. The van der Waals surface area contributed by atoms with E-state index in [-0.39, 0.29) is 17.9 Å². The number of carboxylic acids is 1. The average Bonchev–Trinajstić information content (AvgIpc) is 3.11. The van der Waals surface area contributed by atoms with Crippen molar-refractivity contribution in [1.29, 1.82) is 0 Å². The Morgan fingerprint density at radius 3 is 2.32 bits per heavy atom. The average molecular weight is 447 g/mol. The fraction of sp³-hybridized carbons (Fsp3) is 0.708. The van der Waals surface area contributed by atoms with Gasteiger partial charge < -0.3 is 15.7 Å². The second-order valence-corrected chi connectivity index (χ2v) is 10.8. The predicted octanol–water partition coefficient (Wildman–Crippen LogP) is 4.76. The molecule has 0 bridgehead atoms. The van der Waals surface area contributed by atoms with Gasteiger partial charge in [-0.25, -0.2) is 0 Å². The highest BCUT2D eigenvalue weighted by molar-refractivity contribution is 7.17. The smallest absolute Gasteiger partial charge is 0.307 e. The van der Waals surface area contributed by atoms with Crippen molar-refractivity contribution in [3.63, 3.8) is 0 Å². The topological polar surface area (TPSA) is 95.5 Å². The number of hydrogen-bond acceptors (Lipinski definition) is 4. The zero-order chi connectivity index (χ0) is 22.0. The van der Waals surface area contributed by atoms with Gasteiger partial charge in [-0.15, -0.1) is 11.3 Å². The van der Waals surface area contributed by atoms with E-state index in [4.69, 9.17) is 0 Å². The summed E-state index contributed by atoms with van der Waals surface area (Å²) in [5.41, 5.74) is 1.72. The van der Waals surface area contributed by atoms with Crippen LogP contribution >= 0.6 is 11.3 Å². The molecule has 3 aliphatic rings. The highest BCUT2D eigenvalue weighted by Gasteiger charge is 2.37. The van der Waals surface area contributed by atoms with Crippen LogP contribution in [0.2, 0.25) is 0 Å². The van der Waals surface area contributed by atoms with Crippen molar-refractivity contribution < 1.29 is 19.5 Å². The molecule has 0 saturated heterocycles. The zero-order valence-corrected chi connectivity index (χ0v) is 19.2. The number of aliphatic carboxylic acids is 1. The number of carbonyl (C=O) groups excluding carboxylic acids is 2. The van der Waals surface area contributed by atoms with Crippen LogP contribution in [0.5, 0.6) is 0 Å². The number of thiophene rings is 1. The molecule has 3 aliphatic carbocycles. The van der Waals surface area contributed by atoms with Gasteiger partial charge in [0.2, 0.25) is 5.91 Å². The van der Waals surface area contributed by atoms with E-state index >= 15 is 0 Å². The number of hydrogen-bond donors (Lipinski definition) is 3. The first-order chi connectivity index (χ1) is 14.9. The molecule has 7 heteroatoms. The molecule has 3 N–H and O–H groups in total. The maximum atomic E-state index is 13.3. The number of rotatable bonds is 5. The Labute approximate surface area is 188 Å². The predicted molar refractivity (Wildman–Crippen MR) is 122 cm³/mol. The van der Waals surface area contributed by atoms with Crippen LogP contribution in [0.1, 0.15) is 91.9 Å². The molecule has 1 aromatic heterocycles. The Kier molecular flexibility index (Phi) is 6.99. The van der Waals surface area contributed by atoms with Gasteiger partial charge in [0.25, 0.3) is 5.91 Å². The summed E-state index contributed by atoms with van der Waals surface area (Å²) in [6, 6.07) is 0.206. The van der Waals surface area contributed by atoms with Gasteiger partial charge >= 0.3 is 5.97 Å². The highest BCUT2D eigenvalue weighted by atomic mass is 32.1. The maximum Gasteiger partial charge on any atom is 0.307 e. The van der Waals surface area contributed by atoms with Gasteiger partial charge in [-0.2, -0.15) is 0 Å². The summed E-state index contributed by atoms with van der Waals surface area (Å²) in [7, 11) is 0. The summed E-state index contributed by atoms with van der Waals surface area (Å²) in [5, 5.41) is 16.4. The minimum atomic E-state index is -0.894. The Morgan fingerprint density at radius 1 is 0.935 bits per heavy atom. The van der Waals surface area contributed by atoms with E-state index < -0.39 is 17.8 Å². The van der Waals surface area contributed by atoms with Crippen molar-refractivity contribution in [2.45, 2.75) is 90.0 Å². The molecule has 6 nitrogen and oxygen atoms in total. The van der Waals surface area contributed by atoms with Crippen LogP contribution in [0.4, 0.5) is 5.00 Å². The standard InChI is InChI=1S/C24H34N2O4S/c1-14-11-12-18-19(13-14)31-23(20(18)22(28)25-15-7-3-2-4-8-15)26-21(27)16-9-5-6-10-17(16)24(29)30/h14-17H,2-13H2,1H3,(H,25,28)(H,26,27)(H,29,30)/t14-,16+,17+/m1/s1. The van der Waals surface area contributed by atoms with Crippen LogP contribution in [0.25, 0.3) is 0 Å². The normalized spacial score (nSPS) is 26.7. The van der Waals surface area contributed by atoms with Gasteiger partial charge in [-0.3, -0.25) is 14.4 Å². The van der Waals surface area contributed by atoms with Crippen LogP contribution in [-0.4, -0.2) is 28.9 Å². The van der Waals surface area contributed by atoms with Crippen LogP contribution in [0, 0.1) is 17.8 Å². The number of amides is 2. The molecule has 31 heavy (non-hydrogen) atoms. The van der Waals surface area contributed by atoms with Crippen molar-refractivity contribution in [3.8, 4) is 0 Å². The quantitative estimate of drug-likeness (QED) is 0.607. The SMILES string of the molecule is C[C@@H]1CCc2c(sc(NC(=O)[C@H]3CCCC[C@@H]3C(=O)O)c2C(=O)NC2CCCCC2)C1. The summed E-state index contributed by atoms with van der Waals surface area (Å²) < 4.78 is 0. The zero-order valence-electron chi connectivity index (χ0n) is 18.4. The van der Waals surface area contributed by atoms with Gasteiger partial charge in [0.1, 0.15) is 5.00 Å². The number of anilines is 1. The van der Waals surface area contributed by atoms with Crippen LogP contribution in [-0.2, 0) is 22.4 Å². The Morgan fingerprint density at radius 2 is 1.61 bits per heavy atom. The Hall–Kier alpha value is -1.89. The number of carboxylic acid groups (broad SMARTS) is 1. The van der Waals surface area contributed by atoms with E-state index in [0.29, 0.717) is 29.3 Å². The minimum absolute atomic E-state index is 0.0762. The van der Waals surface area contributed by atoms with E-state index in [9.17, 15) is 19.5 Å². The lowest BCUT2D eigenvalue weighted by molar-refractivity contribution is -0.147. The van der Waals surface area contributed by atoms with Crippen LogP contribution in [0.3, 0.4) is 0 Å². The Bertz CT molecular complexity index is 843. The first-order valence-electron chi connectivity index (χ1n) is 11.9. The highest BCUT2D eigenvalue weighted by Crippen LogP contribution is 2.41. The van der Waals surface area contributed by atoms with Crippen molar-refractivity contribution in [2.75, 3.05) is 5.32 Å². The van der Waals surface area contributed by atoms with E-state index in [0.717, 1.165) is 63.4 Å². The molecular formula is C24H34N2O4S. The van der Waals surface area contributed by atoms with Gasteiger partial charge in [-0.1, -0.05) is 39.0 Å². The maximum absolute atomic E-state index is 13.3. The lowest BCUT2D eigenvalue weighted by atomic mass is 9.78. The monoisotopic (exact) mass is 446 g/mol. The van der Waals surface area contributed by atoms with Crippen molar-refractivity contribution in [3.05, 3.63) is 16.0 Å². The fourth-order valence-corrected chi connectivity index (χ4v) is 6.94. The molecule has 2 saturated carbocycles. The third-order valence-corrected chi connectivity index (χ3v) is 8.51. The van der Waals surface area contributed by atoms with Crippen molar-refractivity contribution in [2.24, 2.45) is 17.8 Å². The molecule has 170 valence electrons. The van der Waals surface area contributed by atoms with Gasteiger partial charge in [0, 0.05) is 10.9 Å². The van der Waals surface area contributed by atoms with E-state index in [1.807, 2.05) is 0 Å². The molecule has 4 rings (SSSR count). The molecule has 1 aromatic rings. The van der Waals surface area contributed by atoms with Crippen molar-refractivity contribution in [1.82, 2.24) is 5.32 Å². The lowest BCUT2D eigenvalue weighted by Crippen LogP contribution is -2.38. The van der Waals surface area contributed by atoms with Gasteiger partial charge in [0.15, 0.2) is 0 Å². The third kappa shape index (κ3) is 4.97. The second-order valence-electron chi connectivity index (χ2n) is 9.69. The van der Waals surface area contributed by atoms with E-state index in [1.165, 1.54) is 22.6 Å². The number of nitrogens with one attached hydrogen (secondary N) is 2. The lowest BCUT2D eigenvalue weighted by Gasteiger charge is -2.27. The largest absolute Gasteiger partial charge is 0.481 e. The summed E-state index contributed by atoms with van der Waals surface area (Å²) in [6.07, 6.45) is 11.2. The van der Waals surface area contributed by atoms with Gasteiger partial charge in [-0.05, 0) is 56.4 Å². The minimum Gasteiger partial charge on any atom is -0.481 e. The molecule has 0 aromatic carbocycles.